The van der Waals surface area contributed by atoms with Crippen LogP contribution in [-0.4, -0.2) is 51.8 Å². The van der Waals surface area contributed by atoms with Crippen LogP contribution in [0.5, 0.6) is 0 Å². The van der Waals surface area contributed by atoms with Gasteiger partial charge in [0.05, 0.1) is 17.6 Å². The molecule has 0 spiro atoms. The first kappa shape index (κ1) is 22.4. The molecule has 0 saturated carbocycles. The summed E-state index contributed by atoms with van der Waals surface area (Å²) in [4.78, 5) is 21.3. The average Bonchev–Trinajstić information content (AvgIpc) is 3.07. The van der Waals surface area contributed by atoms with Gasteiger partial charge in [-0.3, -0.25) is 0 Å². The van der Waals surface area contributed by atoms with Gasteiger partial charge in [0, 0.05) is 36.3 Å². The highest BCUT2D eigenvalue weighted by Gasteiger charge is 2.32. The van der Waals surface area contributed by atoms with E-state index in [1.165, 1.54) is 6.07 Å². The summed E-state index contributed by atoms with van der Waals surface area (Å²) in [7, 11) is 0. The molecule has 3 aromatic rings. The Bertz CT molecular complexity index is 1120. The lowest BCUT2D eigenvalue weighted by atomic mass is 10.2. The summed E-state index contributed by atoms with van der Waals surface area (Å²) >= 11 is 6.33. The van der Waals surface area contributed by atoms with Crippen LogP contribution in [0.25, 0.3) is 11.0 Å². The lowest BCUT2D eigenvalue weighted by Crippen LogP contribution is -2.55. The third-order valence-electron chi connectivity index (χ3n) is 5.55. The highest BCUT2D eigenvalue weighted by atomic mass is 35.5. The minimum atomic E-state index is -0.537. The Kier molecular flexibility index (Phi) is 6.03. The topological polar surface area (TPSA) is 50.6 Å². The van der Waals surface area contributed by atoms with Crippen molar-refractivity contribution >= 4 is 34.7 Å². The number of amides is 1. The zero-order valence-corrected chi connectivity index (χ0v) is 19.6. The Morgan fingerprint density at radius 1 is 1.19 bits per heavy atom. The van der Waals surface area contributed by atoms with Crippen LogP contribution in [0.1, 0.15) is 33.3 Å². The molecule has 0 N–H and O–H groups in total. The number of fused-ring (bicyclic) bond motifs is 1. The fourth-order valence-electron chi connectivity index (χ4n) is 4.03. The first-order chi connectivity index (χ1) is 15.1. The number of imidazole rings is 1. The van der Waals surface area contributed by atoms with Crippen molar-refractivity contribution in [2.45, 2.75) is 45.9 Å². The van der Waals surface area contributed by atoms with Crippen LogP contribution in [0, 0.1) is 5.82 Å². The predicted molar refractivity (Wildman–Crippen MR) is 125 cm³/mol. The molecule has 1 aromatic heterocycles. The predicted octanol–water partition coefficient (Wildman–Crippen LogP) is 5.32. The number of hydrogen-bond donors (Lipinski definition) is 0. The summed E-state index contributed by atoms with van der Waals surface area (Å²) in [6.07, 6.45) is -0.310. The summed E-state index contributed by atoms with van der Waals surface area (Å²) < 4.78 is 22.1. The van der Waals surface area contributed by atoms with E-state index in [4.69, 9.17) is 21.3 Å². The van der Waals surface area contributed by atoms with Crippen molar-refractivity contribution in [3.63, 3.8) is 0 Å². The fraction of sp³-hybridized carbons (Fsp3) is 0.417. The number of ether oxygens (including phenoxy) is 1. The Labute approximate surface area is 192 Å². The molecule has 0 bridgehead atoms. The van der Waals surface area contributed by atoms with Crippen LogP contribution in [0.3, 0.4) is 0 Å². The molecule has 8 heteroatoms. The number of aromatic nitrogens is 2. The monoisotopic (exact) mass is 458 g/mol. The van der Waals surface area contributed by atoms with Gasteiger partial charge in [0.1, 0.15) is 11.4 Å². The number of piperazine rings is 1. The molecule has 1 fully saturated rings. The molecule has 1 saturated heterocycles. The van der Waals surface area contributed by atoms with E-state index in [0.29, 0.717) is 30.2 Å². The number of hydrogen-bond acceptors (Lipinski definition) is 4. The lowest BCUT2D eigenvalue weighted by Gasteiger charge is -2.40. The number of halogens is 2. The smallest absolute Gasteiger partial charge is 0.410 e. The van der Waals surface area contributed by atoms with Gasteiger partial charge in [0.2, 0.25) is 5.95 Å². The summed E-state index contributed by atoms with van der Waals surface area (Å²) in [6, 6.07) is 12.5. The maximum absolute atomic E-state index is 14.6. The zero-order valence-electron chi connectivity index (χ0n) is 18.8. The van der Waals surface area contributed by atoms with Gasteiger partial charge in [0.25, 0.3) is 0 Å². The molecule has 4 rings (SSSR count). The molecule has 170 valence electrons. The normalized spacial score (nSPS) is 17.1. The SMILES string of the molecule is C[C@H]1CN(C(=O)OC(C)(C)C)CCN1c1nc2ccccc2n1Cc1c(F)cccc1Cl. The third-order valence-corrected chi connectivity index (χ3v) is 5.90. The molecular weight excluding hydrogens is 431 g/mol. The van der Waals surface area contributed by atoms with E-state index in [1.807, 2.05) is 49.6 Å². The third kappa shape index (κ3) is 4.53. The first-order valence-electron chi connectivity index (χ1n) is 10.8. The first-order valence-corrected chi connectivity index (χ1v) is 11.1. The molecule has 1 aliphatic rings. The molecule has 0 unspecified atom stereocenters. The van der Waals surface area contributed by atoms with Crippen molar-refractivity contribution in [3.8, 4) is 0 Å². The molecule has 2 aromatic carbocycles. The summed E-state index contributed by atoms with van der Waals surface area (Å²) in [5.41, 5.74) is 1.63. The maximum Gasteiger partial charge on any atom is 0.410 e. The molecule has 1 aliphatic heterocycles. The van der Waals surface area contributed by atoms with Gasteiger partial charge in [-0.2, -0.15) is 0 Å². The number of benzene rings is 2. The Morgan fingerprint density at radius 3 is 2.62 bits per heavy atom. The molecule has 0 radical (unpaired) electrons. The van der Waals surface area contributed by atoms with E-state index in [9.17, 15) is 9.18 Å². The van der Waals surface area contributed by atoms with E-state index >= 15 is 0 Å². The van der Waals surface area contributed by atoms with Gasteiger partial charge < -0.3 is 19.1 Å². The van der Waals surface area contributed by atoms with Gasteiger partial charge >= 0.3 is 6.09 Å². The second kappa shape index (κ2) is 8.62. The van der Waals surface area contributed by atoms with Crippen molar-refractivity contribution in [1.82, 2.24) is 14.5 Å². The average molecular weight is 459 g/mol. The van der Waals surface area contributed by atoms with E-state index in [1.54, 1.807) is 17.0 Å². The van der Waals surface area contributed by atoms with Crippen molar-refractivity contribution in [2.24, 2.45) is 0 Å². The van der Waals surface area contributed by atoms with Crippen LogP contribution in [0.15, 0.2) is 42.5 Å². The van der Waals surface area contributed by atoms with Crippen LogP contribution in [-0.2, 0) is 11.3 Å². The zero-order chi connectivity index (χ0) is 23.0. The van der Waals surface area contributed by atoms with Gasteiger partial charge in [-0.1, -0.05) is 29.8 Å². The molecule has 0 aliphatic carbocycles. The minimum absolute atomic E-state index is 0.00271. The highest BCUT2D eigenvalue weighted by Crippen LogP contribution is 2.29. The van der Waals surface area contributed by atoms with Crippen molar-refractivity contribution in [2.75, 3.05) is 24.5 Å². The van der Waals surface area contributed by atoms with Gasteiger partial charge in [0.15, 0.2) is 0 Å². The van der Waals surface area contributed by atoms with Gasteiger partial charge in [-0.25, -0.2) is 14.2 Å². The summed E-state index contributed by atoms with van der Waals surface area (Å²) in [6.45, 7) is 9.52. The standard InChI is InChI=1S/C24H28ClFN4O2/c1-16-14-28(23(31)32-24(2,3)4)12-13-29(16)22-27-20-10-5-6-11-21(20)30(22)15-17-18(25)8-7-9-19(17)26/h5-11,16H,12-15H2,1-4H3/t16-/m0/s1. The van der Waals surface area contributed by atoms with E-state index < -0.39 is 5.60 Å². The number of carbonyl (C=O) groups is 1. The summed E-state index contributed by atoms with van der Waals surface area (Å²) in [5, 5.41) is 0.386. The number of anilines is 1. The molecule has 32 heavy (non-hydrogen) atoms. The van der Waals surface area contributed by atoms with Crippen LogP contribution >= 0.6 is 11.6 Å². The second-order valence-electron chi connectivity index (χ2n) is 9.16. The van der Waals surface area contributed by atoms with E-state index in [2.05, 4.69) is 11.8 Å². The fourth-order valence-corrected chi connectivity index (χ4v) is 4.25. The molecule has 2 heterocycles. The maximum atomic E-state index is 14.6. The number of para-hydroxylation sites is 2. The molecule has 1 atom stereocenters. The second-order valence-corrected chi connectivity index (χ2v) is 9.56. The largest absolute Gasteiger partial charge is 0.444 e. The van der Waals surface area contributed by atoms with Crippen molar-refractivity contribution in [1.29, 1.82) is 0 Å². The van der Waals surface area contributed by atoms with Crippen molar-refractivity contribution < 1.29 is 13.9 Å². The van der Waals surface area contributed by atoms with Crippen LogP contribution in [0.4, 0.5) is 15.1 Å². The van der Waals surface area contributed by atoms with Gasteiger partial charge in [-0.05, 0) is 52.0 Å². The van der Waals surface area contributed by atoms with Crippen molar-refractivity contribution in [3.05, 3.63) is 58.9 Å². The number of nitrogens with zero attached hydrogens (tertiary/aromatic N) is 4. The Balaban J connectivity index is 1.65. The van der Waals surface area contributed by atoms with Crippen LogP contribution in [0.2, 0.25) is 5.02 Å². The molecule has 1 amide bonds. The Hall–Kier alpha value is -2.80. The number of carbonyl (C=O) groups excluding carboxylic acids is 1. The van der Waals surface area contributed by atoms with E-state index in [-0.39, 0.29) is 24.5 Å². The quantitative estimate of drug-likeness (QED) is 0.532. The van der Waals surface area contributed by atoms with Gasteiger partial charge in [-0.15, -0.1) is 0 Å². The van der Waals surface area contributed by atoms with E-state index in [0.717, 1.165) is 17.0 Å². The number of rotatable bonds is 3. The minimum Gasteiger partial charge on any atom is -0.444 e. The van der Waals surface area contributed by atoms with Crippen LogP contribution < -0.4 is 4.90 Å². The molecule has 6 nitrogen and oxygen atoms in total. The Morgan fingerprint density at radius 2 is 1.94 bits per heavy atom. The molecular formula is C24H28ClFN4O2. The lowest BCUT2D eigenvalue weighted by molar-refractivity contribution is 0.0218. The summed E-state index contributed by atoms with van der Waals surface area (Å²) in [5.74, 6) is 0.394. The highest BCUT2D eigenvalue weighted by molar-refractivity contribution is 6.31.